The lowest BCUT2D eigenvalue weighted by molar-refractivity contribution is 0.134. The molecule has 0 aromatic heterocycles. The van der Waals surface area contributed by atoms with Crippen LogP contribution in [0.1, 0.15) is 33.1 Å². The Labute approximate surface area is 112 Å². The van der Waals surface area contributed by atoms with Crippen LogP contribution in [-0.2, 0) is 0 Å². The molecular weight excluding hydrogens is 220 g/mol. The Morgan fingerprint density at radius 1 is 1.39 bits per heavy atom. The van der Waals surface area contributed by atoms with Crippen LogP contribution in [0.15, 0.2) is 37.2 Å². The molecule has 0 radical (unpaired) electrons. The average molecular weight is 248 g/mol. The highest BCUT2D eigenvalue weighted by Gasteiger charge is 2.27. The van der Waals surface area contributed by atoms with Crippen molar-refractivity contribution >= 4 is 0 Å². The first kappa shape index (κ1) is 14.9. The van der Waals surface area contributed by atoms with Crippen LogP contribution in [0.3, 0.4) is 0 Å². The number of likely N-dealkylation sites (tertiary alicyclic amines) is 1. The fourth-order valence-corrected chi connectivity index (χ4v) is 2.58. The maximum Gasteiger partial charge on any atom is 0.0287 e. The van der Waals surface area contributed by atoms with Gasteiger partial charge in [-0.15, -0.1) is 0 Å². The second kappa shape index (κ2) is 6.67. The molecular formula is C16H28N2. The third-order valence-corrected chi connectivity index (χ3v) is 3.80. The lowest BCUT2D eigenvalue weighted by Crippen LogP contribution is -2.45. The number of hydrogen-bond donors (Lipinski definition) is 1. The average Bonchev–Trinajstić information content (AvgIpc) is 2.23. The molecule has 2 nitrogen and oxygen atoms in total. The largest absolute Gasteiger partial charge is 0.402 e. The molecule has 1 heterocycles. The second-order valence-corrected chi connectivity index (χ2v) is 5.95. The lowest BCUT2D eigenvalue weighted by Gasteiger charge is -2.42. The van der Waals surface area contributed by atoms with Crippen molar-refractivity contribution < 1.29 is 0 Å². The molecule has 0 spiro atoms. The van der Waals surface area contributed by atoms with Gasteiger partial charge < -0.3 is 10.6 Å². The summed E-state index contributed by atoms with van der Waals surface area (Å²) in [5.41, 5.74) is 7.80. The van der Waals surface area contributed by atoms with Gasteiger partial charge in [-0.05, 0) is 43.1 Å². The maximum atomic E-state index is 5.90. The Bertz CT molecular complexity index is 311. The van der Waals surface area contributed by atoms with Gasteiger partial charge in [-0.3, -0.25) is 0 Å². The van der Waals surface area contributed by atoms with E-state index >= 15 is 0 Å². The predicted octanol–water partition coefficient (Wildman–Crippen LogP) is 3.53. The van der Waals surface area contributed by atoms with Gasteiger partial charge in [-0.25, -0.2) is 0 Å². The van der Waals surface area contributed by atoms with Crippen LogP contribution in [-0.4, -0.2) is 18.0 Å². The summed E-state index contributed by atoms with van der Waals surface area (Å²) in [5, 5.41) is 0. The molecule has 0 bridgehead atoms. The van der Waals surface area contributed by atoms with E-state index in [-0.39, 0.29) is 0 Å². The van der Waals surface area contributed by atoms with Crippen LogP contribution >= 0.6 is 0 Å². The van der Waals surface area contributed by atoms with Crippen LogP contribution in [0, 0.1) is 17.8 Å². The molecule has 1 aliphatic heterocycles. The summed E-state index contributed by atoms with van der Waals surface area (Å²) in [4.78, 5) is 2.28. The molecule has 102 valence electrons. The van der Waals surface area contributed by atoms with E-state index < -0.39 is 0 Å². The van der Waals surface area contributed by atoms with Gasteiger partial charge in [0, 0.05) is 24.5 Å². The fraction of sp³-hybridized carbons (Fsp3) is 0.625. The van der Waals surface area contributed by atoms with Crippen LogP contribution in [0.2, 0.25) is 0 Å². The molecule has 1 fully saturated rings. The van der Waals surface area contributed by atoms with Crippen LogP contribution in [0.25, 0.3) is 0 Å². The first-order valence-electron chi connectivity index (χ1n) is 6.94. The highest BCUT2D eigenvalue weighted by molar-refractivity contribution is 5.13. The summed E-state index contributed by atoms with van der Waals surface area (Å²) in [6, 6.07) is 0. The molecule has 2 heteroatoms. The number of allylic oxidation sites excluding steroid dienone is 2. The van der Waals surface area contributed by atoms with E-state index in [9.17, 15) is 0 Å². The zero-order valence-electron chi connectivity index (χ0n) is 12.0. The summed E-state index contributed by atoms with van der Waals surface area (Å²) in [6.07, 6.45) is 5.41. The number of nitrogens with two attached hydrogens (primary N) is 1. The van der Waals surface area contributed by atoms with Gasteiger partial charge in [-0.2, -0.15) is 0 Å². The molecule has 0 amide bonds. The molecule has 1 atom stereocenters. The van der Waals surface area contributed by atoms with Gasteiger partial charge >= 0.3 is 0 Å². The number of rotatable bonds is 8. The minimum atomic E-state index is 0.488. The van der Waals surface area contributed by atoms with Crippen LogP contribution in [0.4, 0.5) is 0 Å². The summed E-state index contributed by atoms with van der Waals surface area (Å²) >= 11 is 0. The van der Waals surface area contributed by atoms with Crippen molar-refractivity contribution in [1.29, 1.82) is 0 Å². The smallest absolute Gasteiger partial charge is 0.0287 e. The number of hydrogen-bond acceptors (Lipinski definition) is 2. The van der Waals surface area contributed by atoms with Crippen LogP contribution < -0.4 is 5.73 Å². The molecule has 0 aliphatic carbocycles. The van der Waals surface area contributed by atoms with E-state index in [2.05, 4.69) is 38.5 Å². The van der Waals surface area contributed by atoms with Gasteiger partial charge in [0.15, 0.2) is 0 Å². The van der Waals surface area contributed by atoms with Crippen molar-refractivity contribution in [2.45, 2.75) is 33.1 Å². The zero-order valence-corrected chi connectivity index (χ0v) is 12.0. The van der Waals surface area contributed by atoms with Crippen molar-refractivity contribution in [3.63, 3.8) is 0 Å². The summed E-state index contributed by atoms with van der Waals surface area (Å²) in [5.74, 6) is 1.96. The van der Waals surface area contributed by atoms with E-state index in [0.29, 0.717) is 11.8 Å². The number of nitrogens with zero attached hydrogens (tertiary/aromatic N) is 1. The molecule has 1 aliphatic rings. The summed E-state index contributed by atoms with van der Waals surface area (Å²) in [7, 11) is 0. The van der Waals surface area contributed by atoms with E-state index in [1.807, 2.05) is 6.08 Å². The van der Waals surface area contributed by atoms with Gasteiger partial charge in [0.1, 0.15) is 0 Å². The second-order valence-electron chi connectivity index (χ2n) is 5.95. The van der Waals surface area contributed by atoms with Crippen molar-refractivity contribution in [2.24, 2.45) is 23.5 Å². The molecule has 1 rings (SSSR count). The Morgan fingerprint density at radius 3 is 2.44 bits per heavy atom. The van der Waals surface area contributed by atoms with E-state index in [1.54, 1.807) is 0 Å². The first-order chi connectivity index (χ1) is 8.43. The van der Waals surface area contributed by atoms with E-state index in [4.69, 9.17) is 5.73 Å². The summed E-state index contributed by atoms with van der Waals surface area (Å²) < 4.78 is 0. The lowest BCUT2D eigenvalue weighted by atomic mass is 9.85. The molecule has 0 aromatic carbocycles. The Balaban J connectivity index is 2.26. The highest BCUT2D eigenvalue weighted by Crippen LogP contribution is 2.29. The van der Waals surface area contributed by atoms with E-state index in [1.165, 1.54) is 12.8 Å². The molecule has 0 aromatic rings. The SMILES string of the molecule is C=CC(=C)N1CC(CCC(CC(C)C)C(=C)N)C1. The van der Waals surface area contributed by atoms with Crippen molar-refractivity contribution in [3.8, 4) is 0 Å². The third kappa shape index (κ3) is 4.25. The highest BCUT2D eigenvalue weighted by atomic mass is 15.2. The van der Waals surface area contributed by atoms with Gasteiger partial charge in [0.25, 0.3) is 0 Å². The quantitative estimate of drug-likeness (QED) is 0.666. The van der Waals surface area contributed by atoms with Crippen LogP contribution in [0.5, 0.6) is 0 Å². The molecule has 2 N–H and O–H groups in total. The molecule has 1 unspecified atom stereocenters. The predicted molar refractivity (Wildman–Crippen MR) is 79.9 cm³/mol. The Morgan fingerprint density at radius 2 is 2.00 bits per heavy atom. The summed E-state index contributed by atoms with van der Waals surface area (Å²) in [6.45, 7) is 18.4. The minimum absolute atomic E-state index is 0.488. The normalized spacial score (nSPS) is 17.4. The van der Waals surface area contributed by atoms with E-state index in [0.717, 1.165) is 36.8 Å². The topological polar surface area (TPSA) is 29.3 Å². The van der Waals surface area contributed by atoms with Gasteiger partial charge in [0.05, 0.1) is 0 Å². The molecule has 1 saturated heterocycles. The van der Waals surface area contributed by atoms with Crippen molar-refractivity contribution in [3.05, 3.63) is 37.2 Å². The Hall–Kier alpha value is -1.18. The standard InChI is InChI=1S/C16H28N2/c1-6-13(4)18-10-15(11-18)7-8-16(14(5)17)9-12(2)3/h6,12,15-16H,1,4-5,7-11,17H2,2-3H3. The van der Waals surface area contributed by atoms with Crippen molar-refractivity contribution in [2.75, 3.05) is 13.1 Å². The fourth-order valence-electron chi connectivity index (χ4n) is 2.58. The molecule has 0 saturated carbocycles. The van der Waals surface area contributed by atoms with Gasteiger partial charge in [-0.1, -0.05) is 33.6 Å². The maximum absolute atomic E-state index is 5.90. The van der Waals surface area contributed by atoms with Crippen molar-refractivity contribution in [1.82, 2.24) is 4.90 Å². The zero-order chi connectivity index (χ0) is 13.7. The minimum Gasteiger partial charge on any atom is -0.402 e. The van der Waals surface area contributed by atoms with Gasteiger partial charge in [0.2, 0.25) is 0 Å². The third-order valence-electron chi connectivity index (χ3n) is 3.80. The Kier molecular flexibility index (Phi) is 5.52. The monoisotopic (exact) mass is 248 g/mol. The first-order valence-corrected chi connectivity index (χ1v) is 6.94. The molecule has 18 heavy (non-hydrogen) atoms.